The van der Waals surface area contributed by atoms with E-state index in [4.69, 9.17) is 0 Å². The van der Waals surface area contributed by atoms with Gasteiger partial charge < -0.3 is 0 Å². The van der Waals surface area contributed by atoms with Gasteiger partial charge in [0.25, 0.3) is 0 Å². The van der Waals surface area contributed by atoms with Gasteiger partial charge in [0.15, 0.2) is 0 Å². The average Bonchev–Trinajstić information content (AvgIpc) is 2.92. The predicted molar refractivity (Wildman–Crippen MR) is 87.7 cm³/mol. The Kier molecular flexibility index (Phi) is 6.62. The Morgan fingerprint density at radius 2 is 1.39 bits per heavy atom. The van der Waals surface area contributed by atoms with Gasteiger partial charge in [-0.05, 0) is 0 Å². The Bertz CT molecular complexity index is 462. The van der Waals surface area contributed by atoms with Crippen LogP contribution < -0.4 is 0 Å². The van der Waals surface area contributed by atoms with Gasteiger partial charge in [0.1, 0.15) is 0 Å². The summed E-state index contributed by atoms with van der Waals surface area (Å²) in [4.78, 5) is 0. The van der Waals surface area contributed by atoms with Crippen molar-refractivity contribution in [1.82, 2.24) is 0 Å². The van der Waals surface area contributed by atoms with E-state index in [1.54, 1.807) is 6.56 Å². The van der Waals surface area contributed by atoms with Crippen LogP contribution in [0, 0.1) is 0 Å². The molecule has 0 aromatic heterocycles. The van der Waals surface area contributed by atoms with Crippen LogP contribution in [-0.2, 0) is 17.4 Å². The molecule has 0 unspecified atom stereocenters. The minimum atomic E-state index is -2.82. The van der Waals surface area contributed by atoms with E-state index >= 15 is 0 Å². The summed E-state index contributed by atoms with van der Waals surface area (Å²) in [6.45, 7) is 7.26. The molecular weight excluding hydrogens is 358 g/mol. The molecule has 0 saturated carbocycles. The molecule has 2 rings (SSSR count). The van der Waals surface area contributed by atoms with E-state index in [1.807, 2.05) is 0 Å². The summed E-state index contributed by atoms with van der Waals surface area (Å²) >= 11 is -2.82. The van der Waals surface area contributed by atoms with Crippen LogP contribution in [0.3, 0.4) is 0 Å². The van der Waals surface area contributed by atoms with Gasteiger partial charge in [-0.2, -0.15) is 0 Å². The Balaban J connectivity index is 0.00000144. The zero-order valence-corrected chi connectivity index (χ0v) is 17.0. The largest absolute Gasteiger partial charge is 0.147 e. The third kappa shape index (κ3) is 2.73. The molecule has 2 aliphatic rings. The fourth-order valence-corrected chi connectivity index (χ4v) is 16.8. The van der Waals surface area contributed by atoms with Crippen molar-refractivity contribution in [3.8, 4) is 0 Å². The quantitative estimate of drug-likeness (QED) is 0.624. The maximum absolute atomic E-state index is 2.82. The van der Waals surface area contributed by atoms with Crippen LogP contribution in [0.2, 0.25) is 8.26 Å². The normalized spacial score (nSPS) is 18.3. The fourth-order valence-electron chi connectivity index (χ4n) is 2.87. The van der Waals surface area contributed by atoms with Gasteiger partial charge in [-0.15, -0.1) is 24.8 Å². The Morgan fingerprint density at radius 3 is 1.61 bits per heavy atom. The first kappa shape index (κ1) is 18.6. The Morgan fingerprint density at radius 1 is 1.00 bits per heavy atom. The standard InChI is InChI=1S/2C5H5.C3H7.CH3.2ClH.H2Si.Zr/c2*1-2-4-5-3-1;1-3-2;;;;;/h2*1-3H,4H2;3H,1-2H3;1H3;2*1H;1H2;. The molecule has 2 aliphatic carbocycles. The molecule has 0 amide bonds. The molecule has 0 aliphatic heterocycles. The zero-order valence-electron chi connectivity index (χ0n) is 11.5. The summed E-state index contributed by atoms with van der Waals surface area (Å²) in [5.41, 5.74) is 0. The second-order valence-corrected chi connectivity index (χ2v) is 33.1. The molecule has 0 nitrogen and oxygen atoms in total. The van der Waals surface area contributed by atoms with Crippen molar-refractivity contribution in [1.29, 1.82) is 0 Å². The molecule has 0 radical (unpaired) electrons. The number of hydrogen-bond donors (Lipinski definition) is 0. The van der Waals surface area contributed by atoms with Crippen molar-refractivity contribution >= 4 is 31.7 Å². The summed E-state index contributed by atoms with van der Waals surface area (Å²) in [5.74, 6) is 0. The Labute approximate surface area is 126 Å². The summed E-state index contributed by atoms with van der Waals surface area (Å²) in [7, 11) is 0. The van der Waals surface area contributed by atoms with E-state index in [2.05, 4.69) is 61.8 Å². The van der Waals surface area contributed by atoms with Crippen LogP contribution in [0.15, 0.2) is 43.0 Å². The summed E-state index contributed by atoms with van der Waals surface area (Å²) in [6, 6.07) is 0. The number of allylic oxidation sites excluding steroid dienone is 8. The predicted octanol–water partition coefficient (Wildman–Crippen LogP) is 4.63. The van der Waals surface area contributed by atoms with E-state index in [0.717, 1.165) is 3.63 Å². The molecule has 0 spiro atoms. The minimum absolute atomic E-state index is 0. The van der Waals surface area contributed by atoms with Gasteiger partial charge in [0.05, 0.1) is 0 Å². The van der Waals surface area contributed by atoms with E-state index in [0.29, 0.717) is 0 Å². The molecule has 0 bridgehead atoms. The van der Waals surface area contributed by atoms with E-state index in [-0.39, 0.29) is 24.8 Å². The van der Waals surface area contributed by atoms with Crippen LogP contribution >= 0.6 is 24.8 Å². The van der Waals surface area contributed by atoms with Crippen molar-refractivity contribution < 1.29 is 17.4 Å². The van der Waals surface area contributed by atoms with E-state index < -0.39 is 17.4 Å². The first-order chi connectivity index (χ1) is 7.46. The van der Waals surface area contributed by atoms with Crippen LogP contribution in [0.1, 0.15) is 26.7 Å². The molecule has 102 valence electrons. The molecule has 0 aromatic rings. The first-order valence-corrected chi connectivity index (χ1v) is 18.5. The number of hydrogen-bond acceptors (Lipinski definition) is 0. The molecule has 0 heterocycles. The summed E-state index contributed by atoms with van der Waals surface area (Å²) in [5, 5.41) is 0. The topological polar surface area (TPSA) is 0 Å². The molecule has 0 fully saturated rings. The van der Waals surface area contributed by atoms with Crippen molar-refractivity contribution in [2.45, 2.75) is 34.9 Å². The SMILES string of the molecule is C[CH](C)[Zr]([CH3])(=[SiH2])([C]1=CC=CC1)[C]1=CC=CC1.Cl.Cl. The molecule has 0 saturated heterocycles. The van der Waals surface area contributed by atoms with E-state index in [1.165, 1.54) is 12.8 Å². The average molecular weight is 383 g/mol. The first-order valence-electron chi connectivity index (χ1n) is 6.23. The zero-order chi connectivity index (χ0) is 11.8. The molecule has 0 N–H and O–H groups in total. The minimum Gasteiger partial charge on any atom is -0.147 e. The second-order valence-electron chi connectivity index (χ2n) is 5.92. The third-order valence-electron chi connectivity index (χ3n) is 4.89. The van der Waals surface area contributed by atoms with Crippen molar-refractivity contribution in [2.75, 3.05) is 0 Å². The van der Waals surface area contributed by atoms with Crippen LogP contribution in [-0.4, -0.2) is 6.88 Å². The Hall–Kier alpha value is 0.640. The van der Waals surface area contributed by atoms with Gasteiger partial charge in [0.2, 0.25) is 0 Å². The summed E-state index contributed by atoms with van der Waals surface area (Å²) < 4.78 is 7.04. The van der Waals surface area contributed by atoms with Crippen molar-refractivity contribution in [2.24, 2.45) is 0 Å². The monoisotopic (exact) mass is 380 g/mol. The third-order valence-corrected chi connectivity index (χ3v) is 33.4. The maximum Gasteiger partial charge on any atom is -0.147 e. The smallest absolute Gasteiger partial charge is 0.147 e. The van der Waals surface area contributed by atoms with Gasteiger partial charge >= 0.3 is 102 Å². The van der Waals surface area contributed by atoms with Gasteiger partial charge in [-0.25, -0.2) is 0 Å². The van der Waals surface area contributed by atoms with E-state index in [9.17, 15) is 0 Å². The number of halogens is 2. The second kappa shape index (κ2) is 6.39. The van der Waals surface area contributed by atoms with Gasteiger partial charge in [-0.3, -0.25) is 0 Å². The maximum atomic E-state index is 2.64. The van der Waals surface area contributed by atoms with Gasteiger partial charge in [-0.1, -0.05) is 0 Å². The molecule has 4 heteroatoms. The van der Waals surface area contributed by atoms with Crippen molar-refractivity contribution in [3.05, 3.63) is 43.0 Å². The van der Waals surface area contributed by atoms with Crippen LogP contribution in [0.5, 0.6) is 0 Å². The van der Waals surface area contributed by atoms with Gasteiger partial charge in [0, 0.05) is 0 Å². The molecule has 0 aromatic carbocycles. The fraction of sp³-hybridized carbons (Fsp3) is 0.429. The molecular formula is C14H24Cl2SiZr. The number of rotatable bonds is 3. The van der Waals surface area contributed by atoms with Crippen molar-refractivity contribution in [3.63, 3.8) is 0 Å². The molecule has 0 atom stereocenters. The van der Waals surface area contributed by atoms with Crippen LogP contribution in [0.4, 0.5) is 0 Å². The molecule has 18 heavy (non-hydrogen) atoms. The van der Waals surface area contributed by atoms with Crippen LogP contribution in [0.25, 0.3) is 0 Å². The summed E-state index contributed by atoms with van der Waals surface area (Å²) in [6.07, 6.45) is 16.4.